The summed E-state index contributed by atoms with van der Waals surface area (Å²) in [6, 6.07) is 5.04. The SMILES string of the molecule is CCCOc1ccc([N+](=O)[O-])cc1CNC(C)C. The minimum Gasteiger partial charge on any atom is -0.493 e. The third-order valence-corrected chi connectivity index (χ3v) is 2.42. The van der Waals surface area contributed by atoms with Gasteiger partial charge in [-0.3, -0.25) is 10.1 Å². The molecule has 1 N–H and O–H groups in total. The highest BCUT2D eigenvalue weighted by Gasteiger charge is 2.11. The molecule has 5 nitrogen and oxygen atoms in total. The van der Waals surface area contributed by atoms with Gasteiger partial charge in [-0.2, -0.15) is 0 Å². The summed E-state index contributed by atoms with van der Waals surface area (Å²) in [4.78, 5) is 10.4. The molecular weight excluding hydrogens is 232 g/mol. The molecule has 0 radical (unpaired) electrons. The molecule has 1 aromatic carbocycles. The summed E-state index contributed by atoms with van der Waals surface area (Å²) in [5, 5.41) is 14.0. The molecule has 0 spiro atoms. The number of ether oxygens (including phenoxy) is 1. The van der Waals surface area contributed by atoms with Crippen LogP contribution in [0.4, 0.5) is 5.69 Å². The van der Waals surface area contributed by atoms with Crippen molar-refractivity contribution in [3.05, 3.63) is 33.9 Å². The fourth-order valence-corrected chi connectivity index (χ4v) is 1.48. The van der Waals surface area contributed by atoms with Gasteiger partial charge in [0.2, 0.25) is 0 Å². The summed E-state index contributed by atoms with van der Waals surface area (Å²) in [7, 11) is 0. The van der Waals surface area contributed by atoms with Crippen LogP contribution in [0.1, 0.15) is 32.8 Å². The minimum atomic E-state index is -0.386. The number of hydrogen-bond donors (Lipinski definition) is 1. The van der Waals surface area contributed by atoms with E-state index in [0.29, 0.717) is 19.2 Å². The standard InChI is InChI=1S/C13H20N2O3/c1-4-7-18-13-6-5-12(15(16)17)8-11(13)9-14-10(2)3/h5-6,8,10,14H,4,7,9H2,1-3H3. The van der Waals surface area contributed by atoms with Crippen LogP contribution in [-0.2, 0) is 6.54 Å². The quantitative estimate of drug-likeness (QED) is 0.598. The van der Waals surface area contributed by atoms with Crippen molar-refractivity contribution in [3.63, 3.8) is 0 Å². The van der Waals surface area contributed by atoms with Crippen molar-refractivity contribution in [2.45, 2.75) is 39.8 Å². The number of hydrogen-bond acceptors (Lipinski definition) is 4. The van der Waals surface area contributed by atoms with E-state index in [2.05, 4.69) is 5.32 Å². The van der Waals surface area contributed by atoms with Gasteiger partial charge in [-0.25, -0.2) is 0 Å². The van der Waals surface area contributed by atoms with Gasteiger partial charge in [-0.05, 0) is 12.5 Å². The lowest BCUT2D eigenvalue weighted by Gasteiger charge is -2.13. The summed E-state index contributed by atoms with van der Waals surface area (Å²) >= 11 is 0. The lowest BCUT2D eigenvalue weighted by atomic mass is 10.1. The van der Waals surface area contributed by atoms with Crippen LogP contribution < -0.4 is 10.1 Å². The van der Waals surface area contributed by atoms with E-state index in [0.717, 1.165) is 17.7 Å². The fourth-order valence-electron chi connectivity index (χ4n) is 1.48. The van der Waals surface area contributed by atoms with E-state index in [-0.39, 0.29) is 10.6 Å². The van der Waals surface area contributed by atoms with Gasteiger partial charge >= 0.3 is 0 Å². The van der Waals surface area contributed by atoms with Crippen LogP contribution in [0.5, 0.6) is 5.75 Å². The van der Waals surface area contributed by atoms with Crippen LogP contribution >= 0.6 is 0 Å². The first kappa shape index (κ1) is 14.4. The lowest BCUT2D eigenvalue weighted by Crippen LogP contribution is -2.22. The maximum Gasteiger partial charge on any atom is 0.270 e. The Kier molecular flexibility index (Phi) is 5.58. The summed E-state index contributed by atoms with van der Waals surface area (Å²) in [5.74, 6) is 0.718. The number of nitrogens with one attached hydrogen (secondary N) is 1. The van der Waals surface area contributed by atoms with Crippen LogP contribution in [0.25, 0.3) is 0 Å². The Morgan fingerprint density at radius 1 is 1.44 bits per heavy atom. The second kappa shape index (κ2) is 6.96. The van der Waals surface area contributed by atoms with Crippen LogP contribution in [-0.4, -0.2) is 17.6 Å². The second-order valence-corrected chi connectivity index (χ2v) is 4.43. The Balaban J connectivity index is 2.90. The van der Waals surface area contributed by atoms with E-state index in [1.807, 2.05) is 20.8 Å². The van der Waals surface area contributed by atoms with Crippen molar-refractivity contribution >= 4 is 5.69 Å². The van der Waals surface area contributed by atoms with Gasteiger partial charge in [0.25, 0.3) is 5.69 Å². The molecule has 0 aliphatic heterocycles. The maximum atomic E-state index is 10.8. The Bertz CT molecular complexity index is 405. The van der Waals surface area contributed by atoms with Gasteiger partial charge in [0, 0.05) is 30.3 Å². The van der Waals surface area contributed by atoms with Crippen LogP contribution in [0, 0.1) is 10.1 Å². The number of nitro benzene ring substituents is 1. The Hall–Kier alpha value is -1.62. The topological polar surface area (TPSA) is 64.4 Å². The highest BCUT2D eigenvalue weighted by atomic mass is 16.6. The second-order valence-electron chi connectivity index (χ2n) is 4.43. The number of non-ortho nitro benzene ring substituents is 1. The molecule has 1 rings (SSSR count). The third-order valence-electron chi connectivity index (χ3n) is 2.42. The molecule has 18 heavy (non-hydrogen) atoms. The van der Waals surface area contributed by atoms with Crippen LogP contribution in [0.15, 0.2) is 18.2 Å². The van der Waals surface area contributed by atoms with Crippen molar-refractivity contribution in [1.29, 1.82) is 0 Å². The Morgan fingerprint density at radius 2 is 2.17 bits per heavy atom. The van der Waals surface area contributed by atoms with E-state index in [4.69, 9.17) is 4.74 Å². The van der Waals surface area contributed by atoms with Crippen molar-refractivity contribution in [2.24, 2.45) is 0 Å². The van der Waals surface area contributed by atoms with Crippen molar-refractivity contribution in [1.82, 2.24) is 5.32 Å². The molecule has 0 aliphatic carbocycles. The molecule has 0 amide bonds. The van der Waals surface area contributed by atoms with Crippen molar-refractivity contribution < 1.29 is 9.66 Å². The van der Waals surface area contributed by atoms with E-state index < -0.39 is 0 Å². The van der Waals surface area contributed by atoms with Gasteiger partial charge < -0.3 is 10.1 Å². The molecule has 0 aliphatic rings. The molecule has 0 unspecified atom stereocenters. The predicted molar refractivity (Wildman–Crippen MR) is 70.9 cm³/mol. The molecule has 5 heteroatoms. The van der Waals surface area contributed by atoms with Gasteiger partial charge in [-0.15, -0.1) is 0 Å². The van der Waals surface area contributed by atoms with E-state index in [9.17, 15) is 10.1 Å². The Morgan fingerprint density at radius 3 is 2.72 bits per heavy atom. The minimum absolute atomic E-state index is 0.0967. The van der Waals surface area contributed by atoms with Gasteiger partial charge in [0.05, 0.1) is 11.5 Å². The number of nitro groups is 1. The van der Waals surface area contributed by atoms with Crippen LogP contribution in [0.2, 0.25) is 0 Å². The predicted octanol–water partition coefficient (Wildman–Crippen LogP) is 2.88. The van der Waals surface area contributed by atoms with Crippen LogP contribution in [0.3, 0.4) is 0 Å². The average Bonchev–Trinajstić information content (AvgIpc) is 2.33. The molecule has 1 aromatic rings. The largest absolute Gasteiger partial charge is 0.493 e. The van der Waals surface area contributed by atoms with Gasteiger partial charge in [0.15, 0.2) is 0 Å². The number of benzene rings is 1. The molecule has 0 fully saturated rings. The average molecular weight is 252 g/mol. The fraction of sp³-hybridized carbons (Fsp3) is 0.538. The molecular formula is C13H20N2O3. The summed E-state index contributed by atoms with van der Waals surface area (Å²) in [6.07, 6.45) is 0.911. The summed E-state index contributed by atoms with van der Waals surface area (Å²) in [5.41, 5.74) is 0.922. The van der Waals surface area contributed by atoms with E-state index >= 15 is 0 Å². The number of nitrogens with zero attached hydrogens (tertiary/aromatic N) is 1. The molecule has 100 valence electrons. The zero-order valence-electron chi connectivity index (χ0n) is 11.1. The maximum absolute atomic E-state index is 10.8. The summed E-state index contributed by atoms with van der Waals surface area (Å²) in [6.45, 7) is 7.27. The Labute approximate surface area is 107 Å². The molecule has 0 saturated carbocycles. The molecule has 0 aromatic heterocycles. The molecule has 0 saturated heterocycles. The van der Waals surface area contributed by atoms with Crippen molar-refractivity contribution in [3.8, 4) is 5.75 Å². The van der Waals surface area contributed by atoms with Gasteiger partial charge in [-0.1, -0.05) is 20.8 Å². The van der Waals surface area contributed by atoms with Crippen molar-refractivity contribution in [2.75, 3.05) is 6.61 Å². The smallest absolute Gasteiger partial charge is 0.270 e. The highest BCUT2D eigenvalue weighted by molar-refractivity contribution is 5.43. The zero-order valence-corrected chi connectivity index (χ0v) is 11.1. The lowest BCUT2D eigenvalue weighted by molar-refractivity contribution is -0.384. The molecule has 0 heterocycles. The highest BCUT2D eigenvalue weighted by Crippen LogP contribution is 2.24. The summed E-state index contributed by atoms with van der Waals surface area (Å²) < 4.78 is 5.59. The van der Waals surface area contributed by atoms with E-state index in [1.54, 1.807) is 12.1 Å². The van der Waals surface area contributed by atoms with E-state index in [1.165, 1.54) is 6.07 Å². The number of rotatable bonds is 7. The first-order valence-corrected chi connectivity index (χ1v) is 6.18. The monoisotopic (exact) mass is 252 g/mol. The normalized spacial score (nSPS) is 10.7. The third kappa shape index (κ3) is 4.33. The molecule has 0 atom stereocenters. The first-order valence-electron chi connectivity index (χ1n) is 6.18. The zero-order chi connectivity index (χ0) is 13.5. The first-order chi connectivity index (χ1) is 8.54. The van der Waals surface area contributed by atoms with Gasteiger partial charge in [0.1, 0.15) is 5.75 Å². The molecule has 0 bridgehead atoms.